The Hall–Kier alpha value is -2.84. The molecule has 5 nitrogen and oxygen atoms in total. The molecule has 3 aromatic rings. The van der Waals surface area contributed by atoms with Crippen molar-refractivity contribution in [3.8, 4) is 11.3 Å². The lowest BCUT2D eigenvalue weighted by Gasteiger charge is -2.37. The van der Waals surface area contributed by atoms with E-state index in [-0.39, 0.29) is 35.1 Å². The summed E-state index contributed by atoms with van der Waals surface area (Å²) in [6, 6.07) is 7.75. The van der Waals surface area contributed by atoms with Crippen LogP contribution in [0.5, 0.6) is 0 Å². The molecule has 2 atom stereocenters. The van der Waals surface area contributed by atoms with E-state index in [0.717, 1.165) is 24.5 Å². The van der Waals surface area contributed by atoms with E-state index in [2.05, 4.69) is 15.6 Å². The van der Waals surface area contributed by atoms with Gasteiger partial charge in [-0.1, -0.05) is 0 Å². The molecule has 1 saturated heterocycles. The number of amides is 1. The van der Waals surface area contributed by atoms with Crippen LogP contribution in [0, 0.1) is 23.4 Å². The molecule has 2 heterocycles. The molecule has 162 valence electrons. The molecule has 2 fully saturated rings. The van der Waals surface area contributed by atoms with Crippen LogP contribution in [-0.4, -0.2) is 34.8 Å². The van der Waals surface area contributed by atoms with Gasteiger partial charge in [-0.25, -0.2) is 13.2 Å². The summed E-state index contributed by atoms with van der Waals surface area (Å²) in [4.78, 5) is 15.1. The maximum absolute atomic E-state index is 14.4. The Labute approximate surface area is 176 Å². The summed E-state index contributed by atoms with van der Waals surface area (Å²) in [6.45, 7) is 0.514. The Kier molecular flexibility index (Phi) is 4.98. The predicted octanol–water partition coefficient (Wildman–Crippen LogP) is 3.54. The van der Waals surface area contributed by atoms with Gasteiger partial charge in [0.25, 0.3) is 0 Å². The van der Waals surface area contributed by atoms with Crippen LogP contribution in [0.4, 0.5) is 13.2 Å². The topological polar surface area (TPSA) is 77.2 Å². The molecule has 4 N–H and O–H groups in total. The first-order valence-corrected chi connectivity index (χ1v) is 10.4. The Balaban J connectivity index is 1.37. The second-order valence-corrected chi connectivity index (χ2v) is 8.48. The molecular weight excluding hydrogens is 407 g/mol. The van der Waals surface area contributed by atoms with E-state index < -0.39 is 17.9 Å². The maximum Gasteiger partial charge on any atom is 0.237 e. The summed E-state index contributed by atoms with van der Waals surface area (Å²) in [6.07, 6.45) is 1.32. The van der Waals surface area contributed by atoms with E-state index in [0.29, 0.717) is 29.6 Å². The molecule has 8 heteroatoms. The van der Waals surface area contributed by atoms with Crippen LogP contribution in [0.2, 0.25) is 0 Å². The number of aromatic amines is 1. The fraction of sp³-hybridized carbons (Fsp3) is 0.348. The molecule has 1 unspecified atom stereocenters. The van der Waals surface area contributed by atoms with Crippen molar-refractivity contribution in [3.05, 3.63) is 59.4 Å². The number of H-pyrrole nitrogens is 1. The van der Waals surface area contributed by atoms with Crippen molar-refractivity contribution in [1.82, 2.24) is 15.6 Å². The molecule has 31 heavy (non-hydrogen) atoms. The van der Waals surface area contributed by atoms with Gasteiger partial charge in [0.15, 0.2) is 0 Å². The summed E-state index contributed by atoms with van der Waals surface area (Å²) < 4.78 is 41.8. The highest BCUT2D eigenvalue weighted by Gasteiger charge is 2.36. The average molecular weight is 429 g/mol. The first kappa shape index (κ1) is 20.1. The molecule has 1 aliphatic carbocycles. The van der Waals surface area contributed by atoms with Gasteiger partial charge in [-0.3, -0.25) is 10.1 Å². The highest BCUT2D eigenvalue weighted by molar-refractivity contribution is 5.92. The highest BCUT2D eigenvalue weighted by atomic mass is 19.1. The van der Waals surface area contributed by atoms with Crippen LogP contribution in [-0.2, 0) is 4.79 Å². The Morgan fingerprint density at radius 1 is 1.06 bits per heavy atom. The van der Waals surface area contributed by atoms with Crippen LogP contribution in [0.1, 0.15) is 30.7 Å². The van der Waals surface area contributed by atoms with Gasteiger partial charge >= 0.3 is 0 Å². The Bertz CT molecular complexity index is 1130. The third-order valence-corrected chi connectivity index (χ3v) is 6.38. The number of hydrogen-bond donors (Lipinski definition) is 4. The monoisotopic (exact) mass is 429 g/mol. The lowest BCUT2D eigenvalue weighted by atomic mass is 9.70. The summed E-state index contributed by atoms with van der Waals surface area (Å²) in [5.41, 5.74) is 2.44. The molecule has 2 aromatic carbocycles. The number of rotatable bonds is 5. The van der Waals surface area contributed by atoms with E-state index in [1.165, 1.54) is 18.2 Å². The van der Waals surface area contributed by atoms with Crippen molar-refractivity contribution < 1.29 is 23.1 Å². The zero-order valence-corrected chi connectivity index (χ0v) is 16.6. The standard InChI is InChI=1S/C23H22F3N3O2/c24-14-3-1-12(2-4-14)21-20(16-7-15(25)8-17(26)22(16)29-21)13-5-11(6-13)10-27-23(31)18-9-19(30)28-18/h1-4,7-8,11,13,18-19,28-30H,5-6,9-10H2,(H,27,31)/t11-,13-,18-,19?/m1/s1. The minimum absolute atomic E-state index is 0.0700. The number of aliphatic hydroxyl groups is 1. The number of aliphatic hydroxyl groups excluding tert-OH is 1. The van der Waals surface area contributed by atoms with E-state index in [4.69, 9.17) is 0 Å². The van der Waals surface area contributed by atoms with Gasteiger partial charge in [0, 0.05) is 24.4 Å². The number of halogens is 3. The first-order valence-electron chi connectivity index (χ1n) is 10.4. The zero-order valence-electron chi connectivity index (χ0n) is 16.6. The molecule has 0 spiro atoms. The molecule has 1 saturated carbocycles. The van der Waals surface area contributed by atoms with Crippen molar-refractivity contribution in [2.75, 3.05) is 6.54 Å². The number of benzene rings is 2. The van der Waals surface area contributed by atoms with Crippen LogP contribution in [0.25, 0.3) is 22.2 Å². The van der Waals surface area contributed by atoms with Crippen molar-refractivity contribution >= 4 is 16.8 Å². The van der Waals surface area contributed by atoms with Crippen molar-refractivity contribution in [1.29, 1.82) is 0 Å². The zero-order chi connectivity index (χ0) is 21.7. The molecule has 2 aliphatic rings. The number of carbonyl (C=O) groups is 1. The third kappa shape index (κ3) is 3.70. The maximum atomic E-state index is 14.4. The summed E-state index contributed by atoms with van der Waals surface area (Å²) >= 11 is 0. The molecule has 5 rings (SSSR count). The minimum Gasteiger partial charge on any atom is -0.379 e. The van der Waals surface area contributed by atoms with Gasteiger partial charge < -0.3 is 15.4 Å². The second-order valence-electron chi connectivity index (χ2n) is 8.48. The number of carbonyl (C=O) groups excluding carboxylic acids is 1. The molecule has 1 aromatic heterocycles. The van der Waals surface area contributed by atoms with Gasteiger partial charge in [-0.15, -0.1) is 0 Å². The van der Waals surface area contributed by atoms with Crippen LogP contribution < -0.4 is 10.6 Å². The van der Waals surface area contributed by atoms with E-state index >= 15 is 0 Å². The minimum atomic E-state index is -0.664. The number of nitrogens with one attached hydrogen (secondary N) is 3. The van der Waals surface area contributed by atoms with Crippen LogP contribution in [0.3, 0.4) is 0 Å². The van der Waals surface area contributed by atoms with Crippen LogP contribution >= 0.6 is 0 Å². The van der Waals surface area contributed by atoms with Crippen LogP contribution in [0.15, 0.2) is 36.4 Å². The average Bonchev–Trinajstić information content (AvgIpc) is 3.04. The lowest BCUT2D eigenvalue weighted by Crippen LogP contribution is -2.59. The Morgan fingerprint density at radius 2 is 1.77 bits per heavy atom. The van der Waals surface area contributed by atoms with Crippen molar-refractivity contribution in [2.24, 2.45) is 5.92 Å². The van der Waals surface area contributed by atoms with Crippen molar-refractivity contribution in [2.45, 2.75) is 37.5 Å². The molecule has 0 bridgehead atoms. The third-order valence-electron chi connectivity index (χ3n) is 6.38. The number of aromatic nitrogens is 1. The normalized spacial score (nSPS) is 25.2. The highest BCUT2D eigenvalue weighted by Crippen LogP contribution is 2.48. The SMILES string of the molecule is O=C(NC[C@H]1C[C@H](c2c(-c3ccc(F)cc3)[nH]c3c(F)cc(F)cc32)C1)[C@H]1CC(O)N1. The molecule has 0 radical (unpaired) electrons. The van der Waals surface area contributed by atoms with Gasteiger partial charge in [0.2, 0.25) is 5.91 Å². The van der Waals surface area contributed by atoms with Gasteiger partial charge in [-0.05, 0) is 66.1 Å². The van der Waals surface area contributed by atoms with E-state index in [1.807, 2.05) is 0 Å². The molecule has 1 aliphatic heterocycles. The summed E-state index contributed by atoms with van der Waals surface area (Å²) in [5.74, 6) is -1.48. The Morgan fingerprint density at radius 3 is 2.45 bits per heavy atom. The van der Waals surface area contributed by atoms with Gasteiger partial charge in [0.1, 0.15) is 23.7 Å². The number of fused-ring (bicyclic) bond motifs is 1. The van der Waals surface area contributed by atoms with Gasteiger partial charge in [-0.2, -0.15) is 0 Å². The predicted molar refractivity (Wildman–Crippen MR) is 110 cm³/mol. The fourth-order valence-corrected chi connectivity index (χ4v) is 4.63. The molecular formula is C23H22F3N3O2. The largest absolute Gasteiger partial charge is 0.379 e. The number of hydrogen-bond acceptors (Lipinski definition) is 3. The van der Waals surface area contributed by atoms with Gasteiger partial charge in [0.05, 0.1) is 17.3 Å². The van der Waals surface area contributed by atoms with Crippen molar-refractivity contribution in [3.63, 3.8) is 0 Å². The lowest BCUT2D eigenvalue weighted by molar-refractivity contribution is -0.129. The summed E-state index contributed by atoms with van der Waals surface area (Å²) in [5, 5.41) is 15.4. The first-order chi connectivity index (χ1) is 14.9. The summed E-state index contributed by atoms with van der Waals surface area (Å²) in [7, 11) is 0. The molecule has 1 amide bonds. The van der Waals surface area contributed by atoms with E-state index in [1.54, 1.807) is 12.1 Å². The smallest absolute Gasteiger partial charge is 0.237 e. The fourth-order valence-electron chi connectivity index (χ4n) is 4.63. The quantitative estimate of drug-likeness (QED) is 0.501. The second kappa shape index (κ2) is 7.69. The van der Waals surface area contributed by atoms with E-state index in [9.17, 15) is 23.1 Å².